The molecule has 0 saturated heterocycles. The summed E-state index contributed by atoms with van der Waals surface area (Å²) < 4.78 is 225. The number of alkyl halides is 6. The third kappa shape index (κ3) is 12.9. The van der Waals surface area contributed by atoms with Gasteiger partial charge in [0.15, 0.2) is 28.7 Å². The lowest BCUT2D eigenvalue weighted by molar-refractivity contribution is -0.144. The second-order valence-corrected chi connectivity index (χ2v) is 22.5. The number of benzene rings is 4. The number of nitrogens with one attached hydrogen (secondary N) is 2. The number of amides is 2. The van der Waals surface area contributed by atoms with Crippen molar-refractivity contribution in [3.63, 3.8) is 0 Å². The summed E-state index contributed by atoms with van der Waals surface area (Å²) in [6.07, 6.45) is 3.89. The van der Waals surface area contributed by atoms with Gasteiger partial charge in [-0.05, 0) is 81.0 Å². The molecule has 1 aliphatic carbocycles. The van der Waals surface area contributed by atoms with Crippen LogP contribution in [0, 0.1) is 23.3 Å². The summed E-state index contributed by atoms with van der Waals surface area (Å²) in [4.78, 5) is 81.0. The van der Waals surface area contributed by atoms with Crippen LogP contribution in [0.25, 0.3) is 11.0 Å². The van der Waals surface area contributed by atoms with Crippen molar-refractivity contribution < 1.29 is 116 Å². The molecule has 1 saturated carbocycles. The van der Waals surface area contributed by atoms with E-state index in [4.69, 9.17) is 23.4 Å². The molecule has 0 atom stereocenters. The molecule has 0 radical (unpaired) electrons. The average molecular weight is 1250 g/mol. The van der Waals surface area contributed by atoms with E-state index >= 15 is 17.6 Å². The number of hydrogen-bond donors (Lipinski definition) is 2. The van der Waals surface area contributed by atoms with Crippen LogP contribution in [-0.4, -0.2) is 96.0 Å². The lowest BCUT2D eigenvalue weighted by atomic mass is 9.77. The summed E-state index contributed by atoms with van der Waals surface area (Å²) in [7, 11) is -13.8. The molecule has 2 N–H and O–H groups in total. The van der Waals surface area contributed by atoms with Gasteiger partial charge in [0.2, 0.25) is 23.1 Å². The maximum atomic E-state index is 16.2. The third-order valence-electron chi connectivity index (χ3n) is 13.7. The second kappa shape index (κ2) is 24.4. The smallest absolute Gasteiger partial charge is 0.466 e. The van der Waals surface area contributed by atoms with Crippen LogP contribution in [0.3, 0.4) is 0 Å². The molecule has 4 aromatic carbocycles. The van der Waals surface area contributed by atoms with Gasteiger partial charge >= 0.3 is 54.8 Å². The van der Waals surface area contributed by atoms with Crippen LogP contribution in [0.15, 0.2) is 63.8 Å². The number of esters is 3. The maximum Gasteiger partial charge on any atom is 0.534 e. The predicted octanol–water partition coefficient (Wildman–Crippen LogP) is 9.12. The monoisotopic (exact) mass is 1250 g/mol. The molecule has 3 heterocycles. The maximum absolute atomic E-state index is 16.2. The highest BCUT2D eigenvalue weighted by atomic mass is 32.2. The summed E-state index contributed by atoms with van der Waals surface area (Å²) in [6, 6.07) is 7.52. The first-order valence-corrected chi connectivity index (χ1v) is 28.6. The zero-order chi connectivity index (χ0) is 62.1. The Kier molecular flexibility index (Phi) is 18.1. The number of nitrogens with zero attached hydrogens (tertiary/aromatic N) is 1. The number of fused-ring (bicyclic) bond motifs is 7. The van der Waals surface area contributed by atoms with Gasteiger partial charge in [0.1, 0.15) is 11.1 Å². The van der Waals surface area contributed by atoms with Gasteiger partial charge in [0, 0.05) is 53.4 Å². The van der Waals surface area contributed by atoms with E-state index in [1.54, 1.807) is 17.0 Å². The Labute approximate surface area is 474 Å². The quantitative estimate of drug-likeness (QED) is 0.0132. The van der Waals surface area contributed by atoms with Crippen molar-refractivity contribution in [1.29, 1.82) is 0 Å². The predicted molar refractivity (Wildman–Crippen MR) is 272 cm³/mol. The highest BCUT2D eigenvalue weighted by molar-refractivity contribution is 7.88. The number of halogens is 10. The van der Waals surface area contributed by atoms with E-state index in [-0.39, 0.29) is 93.7 Å². The fourth-order valence-electron chi connectivity index (χ4n) is 9.41. The zero-order valence-electron chi connectivity index (χ0n) is 44.2. The summed E-state index contributed by atoms with van der Waals surface area (Å²) in [5.74, 6) is -22.1. The zero-order valence-corrected chi connectivity index (χ0v) is 45.9. The van der Waals surface area contributed by atoms with Gasteiger partial charge in [-0.2, -0.15) is 52.0 Å². The van der Waals surface area contributed by atoms with Crippen LogP contribution in [0.5, 0.6) is 23.0 Å². The van der Waals surface area contributed by atoms with Gasteiger partial charge in [0.25, 0.3) is 11.8 Å². The molecule has 1 fully saturated rings. The normalized spacial score (nSPS) is 16.3. The lowest BCUT2D eigenvalue weighted by Gasteiger charge is -2.37. The molecular formula is C53H47F10N3O17S2. The van der Waals surface area contributed by atoms with E-state index in [2.05, 4.69) is 19.0 Å². The standard InChI is InChI=1S/C53H47F10N3O17S2/c1-3-5-19-77-39(67)15-17-66(18-16-40(68)78-20-6-4-2)30-13-7-26-21-32(49(71)79-38(26)23-30)48(70)65-29-11-9-28(10-12-29)64-47(69)27-8-14-33-31(22-27)50(72)81-51(33)34-24-36(54)45(82-84(73,74)52(58,59)60)41(56)43(34)80-44-35(51)25-37(55)46(42(44)57)83-85(75,76)53(61,62)63/h7-8,13-14,21-25,28-29H,3-6,9-12,15-20H2,1-2H3,(H,64,69)(H,65,70). The molecule has 1 aromatic heterocycles. The van der Waals surface area contributed by atoms with E-state index < -0.39 is 153 Å². The van der Waals surface area contributed by atoms with Crippen LogP contribution in [0.1, 0.15) is 126 Å². The summed E-state index contributed by atoms with van der Waals surface area (Å²) >= 11 is 0. The van der Waals surface area contributed by atoms with Gasteiger partial charge < -0.3 is 47.3 Å². The lowest BCUT2D eigenvalue weighted by Crippen LogP contribution is -2.44. The largest absolute Gasteiger partial charge is 0.534 e. The summed E-state index contributed by atoms with van der Waals surface area (Å²) in [5, 5.41) is 5.85. The Hall–Kier alpha value is -8.16. The van der Waals surface area contributed by atoms with Crippen molar-refractivity contribution in [2.45, 2.75) is 107 Å². The number of carbonyl (C=O) groups excluding carboxylic acids is 5. The van der Waals surface area contributed by atoms with Crippen molar-refractivity contribution in [3.05, 3.63) is 122 Å². The highest BCUT2D eigenvalue weighted by Crippen LogP contribution is 2.60. The van der Waals surface area contributed by atoms with Crippen molar-refractivity contribution in [1.82, 2.24) is 10.6 Å². The molecule has 0 unspecified atom stereocenters. The van der Waals surface area contributed by atoms with E-state index in [0.29, 0.717) is 23.9 Å². The Bertz CT molecular complexity index is 3660. The first-order chi connectivity index (χ1) is 39.9. The van der Waals surface area contributed by atoms with Gasteiger partial charge in [-0.3, -0.25) is 19.2 Å². The van der Waals surface area contributed by atoms with E-state index in [9.17, 15) is 71.9 Å². The number of unbranched alkanes of at least 4 members (excludes halogenated alkanes) is 2. The number of ether oxygens (including phenoxy) is 4. The average Bonchev–Trinajstić information content (AvgIpc) is 3.30. The number of rotatable bonds is 21. The number of carbonyl (C=O) groups is 5. The Morgan fingerprint density at radius 2 is 1.15 bits per heavy atom. The fraction of sp³-hybridized carbons (Fsp3) is 0.396. The second-order valence-electron chi connectivity index (χ2n) is 19.5. The molecule has 20 nitrogen and oxygen atoms in total. The molecule has 2 amide bonds. The SMILES string of the molecule is CCCCOC(=O)CCN(CCC(=O)OCCCC)c1ccc2cc(C(=O)NC3CCC(NC(=O)c4ccc5c(c4)C(=O)OC54c5cc(F)c(OS(=O)(=O)C(F)(F)F)c(F)c5Oc5c4cc(F)c(OS(=O)(=O)C(F)(F)F)c5F)CC3)c(=O)oc2c1. The van der Waals surface area contributed by atoms with Crippen LogP contribution in [0.4, 0.5) is 49.6 Å². The number of anilines is 1. The molecule has 3 aliphatic rings. The van der Waals surface area contributed by atoms with Crippen LogP contribution in [0.2, 0.25) is 0 Å². The van der Waals surface area contributed by atoms with Crippen LogP contribution < -0.4 is 34.3 Å². The molecule has 1 spiro atoms. The van der Waals surface area contributed by atoms with Gasteiger partial charge in [-0.25, -0.2) is 18.4 Å². The topological polar surface area (TPSA) is 267 Å². The molecule has 5 aromatic rings. The fourth-order valence-corrected chi connectivity index (χ4v) is 10.3. The van der Waals surface area contributed by atoms with E-state index in [0.717, 1.165) is 31.0 Å². The van der Waals surface area contributed by atoms with Crippen molar-refractivity contribution in [3.8, 4) is 23.0 Å². The van der Waals surface area contributed by atoms with Crippen molar-refractivity contribution in [2.24, 2.45) is 0 Å². The van der Waals surface area contributed by atoms with Gasteiger partial charge in [0.05, 0.1) is 42.7 Å². The minimum absolute atomic E-state index is 0.0108. The Morgan fingerprint density at radius 1 is 0.659 bits per heavy atom. The molecule has 85 heavy (non-hydrogen) atoms. The van der Waals surface area contributed by atoms with Crippen LogP contribution >= 0.6 is 0 Å². The van der Waals surface area contributed by atoms with Gasteiger partial charge in [-0.15, -0.1) is 0 Å². The van der Waals surface area contributed by atoms with Crippen molar-refractivity contribution >= 4 is 66.6 Å². The molecule has 2 aliphatic heterocycles. The first-order valence-electron chi connectivity index (χ1n) is 25.8. The molecule has 458 valence electrons. The highest BCUT2D eigenvalue weighted by Gasteiger charge is 2.58. The van der Waals surface area contributed by atoms with E-state index in [1.807, 2.05) is 13.8 Å². The summed E-state index contributed by atoms with van der Waals surface area (Å²) in [6.45, 7) is 4.71. The minimum Gasteiger partial charge on any atom is -0.466 e. The Morgan fingerprint density at radius 3 is 1.64 bits per heavy atom. The first kappa shape index (κ1) is 62.9. The summed E-state index contributed by atoms with van der Waals surface area (Å²) in [5.41, 5.74) is -20.7. The molecule has 0 bridgehead atoms. The molecule has 8 rings (SSSR count). The van der Waals surface area contributed by atoms with Crippen molar-refractivity contribution in [2.75, 3.05) is 31.2 Å². The third-order valence-corrected chi connectivity index (χ3v) is 15.6. The number of hydrogen-bond acceptors (Lipinski definition) is 18. The van der Waals surface area contributed by atoms with Gasteiger partial charge in [-0.1, -0.05) is 32.8 Å². The van der Waals surface area contributed by atoms with E-state index in [1.165, 1.54) is 12.1 Å². The Balaban J connectivity index is 0.986. The van der Waals surface area contributed by atoms with Crippen LogP contribution in [-0.2, 0) is 49.6 Å². The minimum atomic E-state index is -6.91. The molecule has 32 heteroatoms. The molecular weight excluding hydrogens is 1200 g/mol.